The maximum absolute atomic E-state index is 13.0. The molecule has 2 aromatic heterocycles. The van der Waals surface area contributed by atoms with E-state index in [1.807, 2.05) is 54.6 Å². The highest BCUT2D eigenvalue weighted by molar-refractivity contribution is 6.66. The van der Waals surface area contributed by atoms with Crippen molar-refractivity contribution in [2.45, 2.75) is 16.8 Å². The first-order valence-electron chi connectivity index (χ1n) is 9.13. The van der Waals surface area contributed by atoms with Crippen molar-refractivity contribution < 1.29 is 4.79 Å². The molecule has 0 saturated carbocycles. The highest BCUT2D eigenvalue weighted by Crippen LogP contribution is 2.38. The molecule has 2 heterocycles. The fourth-order valence-corrected chi connectivity index (χ4v) is 3.43. The molecule has 0 unspecified atom stereocenters. The number of rotatable bonds is 5. The zero-order valence-electron chi connectivity index (χ0n) is 15.6. The number of amides is 1. The van der Waals surface area contributed by atoms with Crippen molar-refractivity contribution in [3.8, 4) is 0 Å². The summed E-state index contributed by atoms with van der Waals surface area (Å²) < 4.78 is -1.89. The number of hydrogen-bond acceptors (Lipinski definition) is 4. The van der Waals surface area contributed by atoms with Gasteiger partial charge in [0.25, 0.3) is 5.91 Å². The number of pyridine rings is 1. The van der Waals surface area contributed by atoms with Crippen molar-refractivity contribution in [1.29, 1.82) is 0 Å². The zero-order chi connectivity index (χ0) is 21.1. The fraction of sp³-hybridized carbons (Fsp3) is 0.143. The van der Waals surface area contributed by atoms with Crippen LogP contribution in [0.15, 0.2) is 66.9 Å². The van der Waals surface area contributed by atoms with Gasteiger partial charge in [-0.3, -0.25) is 9.78 Å². The van der Waals surface area contributed by atoms with E-state index in [0.29, 0.717) is 24.2 Å². The summed E-state index contributed by atoms with van der Waals surface area (Å²) >= 11 is 18.2. The molecule has 0 atom stereocenters. The molecule has 2 aromatic carbocycles. The minimum Gasteiger partial charge on any atom is -0.319 e. The smallest absolute Gasteiger partial charge is 0.278 e. The molecular weight excluding hydrogens is 445 g/mol. The van der Waals surface area contributed by atoms with Gasteiger partial charge in [0.15, 0.2) is 5.69 Å². The largest absolute Gasteiger partial charge is 0.319 e. The van der Waals surface area contributed by atoms with E-state index in [2.05, 4.69) is 20.5 Å². The Morgan fingerprint density at radius 3 is 2.50 bits per heavy atom. The molecule has 4 aromatic rings. The van der Waals surface area contributed by atoms with Crippen LogP contribution in [-0.4, -0.2) is 25.9 Å². The van der Waals surface area contributed by atoms with E-state index in [-0.39, 0.29) is 11.4 Å². The number of carbonyl (C=O) groups excluding carboxylic acids is 1. The highest BCUT2D eigenvalue weighted by atomic mass is 35.6. The normalized spacial score (nSPS) is 11.6. The highest BCUT2D eigenvalue weighted by Gasteiger charge is 2.34. The van der Waals surface area contributed by atoms with Gasteiger partial charge in [-0.25, -0.2) is 0 Å². The minimum atomic E-state index is -1.89. The fourth-order valence-electron chi connectivity index (χ4n) is 3.05. The topological polar surface area (TPSA) is 72.7 Å². The summed E-state index contributed by atoms with van der Waals surface area (Å²) in [4.78, 5) is 18.7. The van der Waals surface area contributed by atoms with Gasteiger partial charge in [-0.1, -0.05) is 83.3 Å². The van der Waals surface area contributed by atoms with Crippen LogP contribution in [0.5, 0.6) is 0 Å². The summed E-state index contributed by atoms with van der Waals surface area (Å²) in [5, 5.41) is 12.2. The van der Waals surface area contributed by atoms with Crippen LogP contribution in [0.4, 0.5) is 5.69 Å². The Balaban J connectivity index is 1.61. The van der Waals surface area contributed by atoms with E-state index in [1.54, 1.807) is 12.3 Å². The number of aromatic nitrogens is 4. The number of nitrogens with zero attached hydrogens (tertiary/aromatic N) is 4. The van der Waals surface area contributed by atoms with E-state index in [9.17, 15) is 4.79 Å². The van der Waals surface area contributed by atoms with Crippen molar-refractivity contribution in [3.05, 3.63) is 83.8 Å². The molecule has 0 aliphatic heterocycles. The number of anilines is 1. The van der Waals surface area contributed by atoms with E-state index in [4.69, 9.17) is 34.8 Å². The number of fused-ring (bicyclic) bond motifs is 1. The van der Waals surface area contributed by atoms with Crippen LogP contribution in [-0.2, 0) is 16.8 Å². The molecule has 0 spiro atoms. The third-order valence-corrected chi connectivity index (χ3v) is 5.00. The van der Waals surface area contributed by atoms with E-state index in [0.717, 1.165) is 10.9 Å². The van der Waals surface area contributed by atoms with Crippen LogP contribution in [0, 0.1) is 0 Å². The number of aryl methyl sites for hydroxylation is 2. The Bertz CT molecular complexity index is 1180. The Morgan fingerprint density at radius 2 is 1.73 bits per heavy atom. The molecule has 0 fully saturated rings. The van der Waals surface area contributed by atoms with Crippen LogP contribution in [0.25, 0.3) is 10.9 Å². The summed E-state index contributed by atoms with van der Waals surface area (Å²) in [7, 11) is 0. The summed E-state index contributed by atoms with van der Waals surface area (Å²) in [6, 6.07) is 19.1. The van der Waals surface area contributed by atoms with E-state index >= 15 is 0 Å². The van der Waals surface area contributed by atoms with E-state index < -0.39 is 9.70 Å². The lowest BCUT2D eigenvalue weighted by Gasteiger charge is -2.10. The van der Waals surface area contributed by atoms with Crippen molar-refractivity contribution in [3.63, 3.8) is 0 Å². The first kappa shape index (κ1) is 20.6. The van der Waals surface area contributed by atoms with Gasteiger partial charge in [-0.05, 0) is 24.1 Å². The molecule has 0 radical (unpaired) electrons. The lowest BCUT2D eigenvalue weighted by molar-refractivity contribution is 0.102. The minimum absolute atomic E-state index is 0.0220. The maximum Gasteiger partial charge on any atom is 0.278 e. The van der Waals surface area contributed by atoms with Gasteiger partial charge in [-0.15, -0.1) is 5.10 Å². The predicted molar refractivity (Wildman–Crippen MR) is 119 cm³/mol. The monoisotopic (exact) mass is 459 g/mol. The lowest BCUT2D eigenvalue weighted by atomic mass is 10.2. The summed E-state index contributed by atoms with van der Waals surface area (Å²) in [5.74, 6) is -0.527. The van der Waals surface area contributed by atoms with Gasteiger partial charge < -0.3 is 5.32 Å². The predicted octanol–water partition coefficient (Wildman–Crippen LogP) is 5.15. The number of benzene rings is 2. The van der Waals surface area contributed by atoms with Crippen molar-refractivity contribution in [2.24, 2.45) is 0 Å². The van der Waals surface area contributed by atoms with E-state index in [1.165, 1.54) is 4.80 Å². The van der Waals surface area contributed by atoms with Gasteiger partial charge in [0.05, 0.1) is 17.7 Å². The zero-order valence-corrected chi connectivity index (χ0v) is 17.9. The Kier molecular flexibility index (Phi) is 5.90. The molecule has 0 bridgehead atoms. The number of para-hydroxylation sites is 1. The second-order valence-corrected chi connectivity index (χ2v) is 8.84. The van der Waals surface area contributed by atoms with Gasteiger partial charge in [0, 0.05) is 11.6 Å². The number of nitrogens with one attached hydrogen (secondary N) is 1. The average Bonchev–Trinajstić information content (AvgIpc) is 3.18. The Hall–Kier alpha value is -2.67. The molecule has 9 heteroatoms. The molecule has 1 N–H and O–H groups in total. The molecule has 0 saturated heterocycles. The quantitative estimate of drug-likeness (QED) is 0.418. The number of hydrogen-bond donors (Lipinski definition) is 1. The Labute approximate surface area is 187 Å². The molecule has 4 rings (SSSR count). The van der Waals surface area contributed by atoms with Crippen LogP contribution in [0.3, 0.4) is 0 Å². The molecule has 6 nitrogen and oxygen atoms in total. The van der Waals surface area contributed by atoms with Crippen LogP contribution < -0.4 is 5.32 Å². The SMILES string of the molecule is O=C(Nc1cccc2cccnc12)c1nn(CCc2ccccc2)nc1C(Cl)(Cl)Cl. The molecule has 0 aliphatic rings. The van der Waals surface area contributed by atoms with Gasteiger partial charge >= 0.3 is 0 Å². The first-order chi connectivity index (χ1) is 14.4. The summed E-state index contributed by atoms with van der Waals surface area (Å²) in [6.45, 7) is 0.431. The van der Waals surface area contributed by atoms with Crippen molar-refractivity contribution >= 4 is 57.3 Å². The van der Waals surface area contributed by atoms with Gasteiger partial charge in [0.2, 0.25) is 3.79 Å². The standard InChI is InChI=1S/C21H16Cl3N5O/c22-21(23,24)19-18(27-29(28-19)13-11-14-6-2-1-3-7-14)20(30)26-16-10-4-8-15-9-5-12-25-17(15)16/h1-10,12H,11,13H2,(H,26,30). The molecule has 30 heavy (non-hydrogen) atoms. The van der Waals surface area contributed by atoms with Crippen molar-refractivity contribution in [2.75, 3.05) is 5.32 Å². The van der Waals surface area contributed by atoms with Gasteiger partial charge in [0.1, 0.15) is 5.69 Å². The molecular formula is C21H16Cl3N5O. The summed E-state index contributed by atoms with van der Waals surface area (Å²) in [6.07, 6.45) is 2.33. The molecule has 0 aliphatic carbocycles. The number of alkyl halides is 3. The van der Waals surface area contributed by atoms with Crippen LogP contribution >= 0.6 is 34.8 Å². The molecule has 152 valence electrons. The third-order valence-electron chi connectivity index (χ3n) is 4.46. The van der Waals surface area contributed by atoms with Crippen LogP contribution in [0.2, 0.25) is 0 Å². The second kappa shape index (κ2) is 8.60. The maximum atomic E-state index is 13.0. The third kappa shape index (κ3) is 4.56. The lowest BCUT2D eigenvalue weighted by Crippen LogP contribution is -2.18. The molecule has 1 amide bonds. The number of carbonyl (C=O) groups is 1. The average molecular weight is 461 g/mol. The summed E-state index contributed by atoms with van der Waals surface area (Å²) in [5.41, 5.74) is 2.23. The van der Waals surface area contributed by atoms with Crippen LogP contribution in [0.1, 0.15) is 21.7 Å². The van der Waals surface area contributed by atoms with Gasteiger partial charge in [-0.2, -0.15) is 9.90 Å². The first-order valence-corrected chi connectivity index (χ1v) is 10.3. The van der Waals surface area contributed by atoms with Crippen molar-refractivity contribution in [1.82, 2.24) is 20.0 Å². The second-order valence-electron chi connectivity index (χ2n) is 6.56. The Morgan fingerprint density at radius 1 is 0.967 bits per heavy atom. The number of halogens is 3.